The lowest BCUT2D eigenvalue weighted by molar-refractivity contribution is 0.0130. The van der Waals surface area contributed by atoms with Crippen LogP contribution in [0.1, 0.15) is 29.1 Å². The van der Waals surface area contributed by atoms with E-state index in [1.165, 1.54) is 18.9 Å². The number of nitrogens with one attached hydrogen (secondary N) is 2. The minimum atomic E-state index is -1.19. The molecule has 0 saturated carbocycles. The molecule has 4 rings (SSSR count). The second-order valence-electron chi connectivity index (χ2n) is 8.94. The number of Topliss-reactive ketones (excluding diaryl/α,β-unsaturated/α-hetero) is 1. The molecule has 0 aliphatic carbocycles. The predicted octanol–water partition coefficient (Wildman–Crippen LogP) is 2.74. The zero-order valence-electron chi connectivity index (χ0n) is 21.1. The van der Waals surface area contributed by atoms with Crippen LogP contribution in [0.4, 0.5) is 26.7 Å². The van der Waals surface area contributed by atoms with Crippen LogP contribution in [0.15, 0.2) is 42.5 Å². The van der Waals surface area contributed by atoms with Crippen molar-refractivity contribution in [2.24, 2.45) is 0 Å². The van der Waals surface area contributed by atoms with Crippen molar-refractivity contribution in [2.45, 2.75) is 13.2 Å². The van der Waals surface area contributed by atoms with Crippen LogP contribution in [0.3, 0.4) is 0 Å². The van der Waals surface area contributed by atoms with E-state index in [0.717, 1.165) is 13.1 Å². The maximum absolute atomic E-state index is 13.3. The number of ketones is 1. The summed E-state index contributed by atoms with van der Waals surface area (Å²) in [7, 11) is 1.54. The minimum absolute atomic E-state index is 0.0986. The predicted molar refractivity (Wildman–Crippen MR) is 139 cm³/mol. The topological polar surface area (TPSA) is 124 Å². The van der Waals surface area contributed by atoms with Crippen LogP contribution in [0, 0.1) is 0 Å². The summed E-state index contributed by atoms with van der Waals surface area (Å²) in [5, 5.41) is 16.5. The number of aliphatic hydroxyl groups is 1. The zero-order valence-corrected chi connectivity index (χ0v) is 21.1. The van der Waals surface area contributed by atoms with Gasteiger partial charge in [0.2, 0.25) is 0 Å². The van der Waals surface area contributed by atoms with Crippen molar-refractivity contribution in [3.05, 3.63) is 53.6 Å². The third kappa shape index (κ3) is 6.44. The van der Waals surface area contributed by atoms with E-state index < -0.39 is 12.3 Å². The lowest BCUT2D eigenvalue weighted by atomic mass is 10.1. The van der Waals surface area contributed by atoms with Crippen LogP contribution >= 0.6 is 0 Å². The van der Waals surface area contributed by atoms with Gasteiger partial charge in [0.15, 0.2) is 12.0 Å². The number of nitrogens with zero attached hydrogens (tertiary/aromatic N) is 3. The molecule has 11 nitrogen and oxygen atoms in total. The van der Waals surface area contributed by atoms with Gasteiger partial charge in [0, 0.05) is 62.3 Å². The Morgan fingerprint density at radius 2 is 1.78 bits per heavy atom. The van der Waals surface area contributed by atoms with Crippen molar-refractivity contribution in [1.29, 1.82) is 0 Å². The number of benzene rings is 2. The molecule has 2 aliphatic rings. The molecule has 198 valence electrons. The van der Waals surface area contributed by atoms with Crippen molar-refractivity contribution in [2.75, 3.05) is 75.2 Å². The summed E-state index contributed by atoms with van der Waals surface area (Å²) >= 11 is 0. The highest BCUT2D eigenvalue weighted by atomic mass is 16.5. The first kappa shape index (κ1) is 26.6. The third-order valence-electron chi connectivity index (χ3n) is 6.43. The van der Waals surface area contributed by atoms with Gasteiger partial charge in [-0.25, -0.2) is 9.59 Å². The molecule has 2 aliphatic heterocycles. The van der Waals surface area contributed by atoms with E-state index in [4.69, 9.17) is 9.47 Å². The van der Waals surface area contributed by atoms with E-state index in [1.807, 2.05) is 0 Å². The van der Waals surface area contributed by atoms with Gasteiger partial charge in [0.05, 0.1) is 25.5 Å². The third-order valence-corrected chi connectivity index (χ3v) is 6.43. The summed E-state index contributed by atoms with van der Waals surface area (Å²) in [5.74, 6) is -0.0986. The summed E-state index contributed by atoms with van der Waals surface area (Å²) in [5.41, 5.74) is 2.53. The maximum Gasteiger partial charge on any atom is 0.326 e. The van der Waals surface area contributed by atoms with Gasteiger partial charge in [0.25, 0.3) is 0 Å². The van der Waals surface area contributed by atoms with E-state index in [1.54, 1.807) is 47.4 Å². The highest BCUT2D eigenvalue weighted by Crippen LogP contribution is 2.37. The smallest absolute Gasteiger partial charge is 0.326 e. The summed E-state index contributed by atoms with van der Waals surface area (Å²) in [6, 6.07) is 11.0. The molecule has 1 saturated heterocycles. The number of methoxy groups -OCH3 is 1. The molecule has 1 unspecified atom stereocenters. The van der Waals surface area contributed by atoms with Gasteiger partial charge in [-0.2, -0.15) is 0 Å². The standard InChI is InChI=1S/C26H33N5O6/c1-18(32)19-4-3-5-20(16-19)27-25(34)28-21-6-7-23-22(17-21)24(33)31(12-13-36-2)26(35)30(23)9-8-29-10-14-37-15-11-29/h3-7,16-17,24,33H,8-15H2,1-2H3,(H2,27,28,34). The number of carbonyl (C=O) groups is 3. The summed E-state index contributed by atoms with van der Waals surface area (Å²) < 4.78 is 10.6. The van der Waals surface area contributed by atoms with Crippen LogP contribution in [-0.2, 0) is 9.47 Å². The highest BCUT2D eigenvalue weighted by Gasteiger charge is 2.36. The van der Waals surface area contributed by atoms with Gasteiger partial charge in [-0.15, -0.1) is 0 Å². The fourth-order valence-corrected chi connectivity index (χ4v) is 4.41. The Kier molecular flexibility index (Phi) is 8.72. The van der Waals surface area contributed by atoms with Crippen LogP contribution in [-0.4, -0.2) is 92.4 Å². The number of fused-ring (bicyclic) bond motifs is 1. The Bertz CT molecular complexity index is 1140. The Balaban J connectivity index is 1.52. The molecular formula is C26H33N5O6. The van der Waals surface area contributed by atoms with Gasteiger partial charge in [-0.05, 0) is 37.3 Å². The largest absolute Gasteiger partial charge is 0.383 e. The summed E-state index contributed by atoms with van der Waals surface area (Å²) in [6.07, 6.45) is -1.19. The average Bonchev–Trinajstić information content (AvgIpc) is 2.89. The van der Waals surface area contributed by atoms with Crippen molar-refractivity contribution in [3.63, 3.8) is 0 Å². The van der Waals surface area contributed by atoms with E-state index in [9.17, 15) is 19.5 Å². The quantitative estimate of drug-likeness (QED) is 0.442. The Morgan fingerprint density at radius 3 is 2.49 bits per heavy atom. The summed E-state index contributed by atoms with van der Waals surface area (Å²) in [6.45, 7) is 6.01. The number of amides is 4. The lowest BCUT2D eigenvalue weighted by Crippen LogP contribution is -2.53. The van der Waals surface area contributed by atoms with Gasteiger partial charge < -0.3 is 25.2 Å². The minimum Gasteiger partial charge on any atom is -0.383 e. The molecule has 2 aromatic rings. The molecule has 2 aromatic carbocycles. The van der Waals surface area contributed by atoms with Crippen LogP contribution in [0.25, 0.3) is 0 Å². The Hall–Kier alpha value is -3.51. The number of morpholine rings is 1. The first-order valence-corrected chi connectivity index (χ1v) is 12.3. The number of aliphatic hydroxyl groups excluding tert-OH is 1. The molecule has 0 radical (unpaired) electrons. The molecule has 1 atom stereocenters. The SMILES string of the molecule is COCCN1C(=O)N(CCN2CCOCC2)c2ccc(NC(=O)Nc3cccc(C(C)=O)c3)cc2C1O. The Morgan fingerprint density at radius 1 is 1.05 bits per heavy atom. The first-order valence-electron chi connectivity index (χ1n) is 12.3. The molecule has 37 heavy (non-hydrogen) atoms. The number of ether oxygens (including phenoxy) is 2. The van der Waals surface area contributed by atoms with Crippen molar-refractivity contribution < 1.29 is 29.0 Å². The number of hydrogen-bond donors (Lipinski definition) is 3. The van der Waals surface area contributed by atoms with Crippen molar-refractivity contribution in [1.82, 2.24) is 9.80 Å². The molecule has 2 heterocycles. The Labute approximate surface area is 215 Å². The molecule has 3 N–H and O–H groups in total. The fourth-order valence-electron chi connectivity index (χ4n) is 4.41. The number of carbonyl (C=O) groups excluding carboxylic acids is 3. The zero-order chi connectivity index (χ0) is 26.4. The highest BCUT2D eigenvalue weighted by molar-refractivity contribution is 6.02. The van der Waals surface area contributed by atoms with E-state index in [2.05, 4.69) is 15.5 Å². The number of hydrogen-bond acceptors (Lipinski definition) is 7. The molecule has 0 spiro atoms. The molecular weight excluding hydrogens is 478 g/mol. The molecule has 11 heteroatoms. The summed E-state index contributed by atoms with van der Waals surface area (Å²) in [4.78, 5) is 42.8. The van der Waals surface area contributed by atoms with Gasteiger partial charge in [-0.3, -0.25) is 19.5 Å². The van der Waals surface area contributed by atoms with E-state index in [0.29, 0.717) is 54.5 Å². The number of anilines is 3. The monoisotopic (exact) mass is 511 g/mol. The van der Waals surface area contributed by atoms with Crippen LogP contribution < -0.4 is 15.5 Å². The molecule has 0 bridgehead atoms. The van der Waals surface area contributed by atoms with Crippen molar-refractivity contribution >= 4 is 34.9 Å². The number of rotatable bonds is 9. The fraction of sp³-hybridized carbons (Fsp3) is 0.423. The second kappa shape index (κ2) is 12.2. The molecule has 1 fully saturated rings. The molecule has 4 amide bonds. The van der Waals surface area contributed by atoms with Gasteiger partial charge >= 0.3 is 12.1 Å². The first-order chi connectivity index (χ1) is 17.9. The van der Waals surface area contributed by atoms with Crippen molar-refractivity contribution in [3.8, 4) is 0 Å². The normalized spacial score (nSPS) is 17.9. The molecule has 0 aromatic heterocycles. The van der Waals surface area contributed by atoms with E-state index in [-0.39, 0.29) is 25.0 Å². The second-order valence-corrected chi connectivity index (χ2v) is 8.94. The van der Waals surface area contributed by atoms with Crippen LogP contribution in [0.2, 0.25) is 0 Å². The van der Waals surface area contributed by atoms with Crippen LogP contribution in [0.5, 0.6) is 0 Å². The number of urea groups is 2. The average molecular weight is 512 g/mol. The van der Waals surface area contributed by atoms with Gasteiger partial charge in [-0.1, -0.05) is 12.1 Å². The van der Waals surface area contributed by atoms with E-state index >= 15 is 0 Å². The maximum atomic E-state index is 13.3. The van der Waals surface area contributed by atoms with Gasteiger partial charge in [0.1, 0.15) is 0 Å². The lowest BCUT2D eigenvalue weighted by Gasteiger charge is -2.41.